The first-order valence-corrected chi connectivity index (χ1v) is 4.69. The van der Waals surface area contributed by atoms with E-state index in [-0.39, 0.29) is 0 Å². The van der Waals surface area contributed by atoms with Crippen molar-refractivity contribution < 1.29 is 19.8 Å². The van der Waals surface area contributed by atoms with Crippen LogP contribution in [0.2, 0.25) is 0 Å². The van der Waals surface area contributed by atoms with Crippen LogP contribution < -0.4 is 17.0 Å². The number of hydrogen-bond donors (Lipinski definition) is 5. The molecule has 1 rings (SSSR count). The first kappa shape index (κ1) is 14.9. The summed E-state index contributed by atoms with van der Waals surface area (Å²) < 4.78 is 0. The Morgan fingerprint density at radius 1 is 1.24 bits per heavy atom. The van der Waals surface area contributed by atoms with Gasteiger partial charge in [0.15, 0.2) is 0 Å². The van der Waals surface area contributed by atoms with E-state index >= 15 is 0 Å². The van der Waals surface area contributed by atoms with Crippen LogP contribution >= 0.6 is 0 Å². The van der Waals surface area contributed by atoms with Crippen molar-refractivity contribution in [3.05, 3.63) is 35.9 Å². The number of benzene rings is 1. The molecule has 0 saturated carbocycles. The largest absolute Gasteiger partial charge is 0.480 e. The number of nitrogens with two attached hydrogens (primary N) is 2. The quantitative estimate of drug-likeness (QED) is 0.281. The maximum Gasteiger partial charge on any atom is 0.418 e. The molecule has 0 aromatic heterocycles. The normalized spacial score (nSPS) is 10.7. The van der Waals surface area contributed by atoms with Crippen LogP contribution in [0, 0.1) is 0 Å². The molecule has 1 aromatic carbocycles. The summed E-state index contributed by atoms with van der Waals surface area (Å²) in [6.07, 6.45) is -0.832. The summed E-state index contributed by atoms with van der Waals surface area (Å²) in [5.41, 5.74) is 7.74. The van der Waals surface area contributed by atoms with Crippen molar-refractivity contribution in [2.75, 3.05) is 0 Å². The van der Waals surface area contributed by atoms with E-state index in [1.807, 2.05) is 30.3 Å². The number of hydrazine groups is 1. The van der Waals surface area contributed by atoms with E-state index in [0.29, 0.717) is 6.42 Å². The predicted octanol–water partition coefficient (Wildman–Crippen LogP) is -0.231. The first-order chi connectivity index (χ1) is 7.97. The van der Waals surface area contributed by atoms with E-state index in [1.165, 1.54) is 5.43 Å². The second-order valence-corrected chi connectivity index (χ2v) is 3.08. The highest BCUT2D eigenvalue weighted by molar-refractivity contribution is 5.73. The molecule has 1 atom stereocenters. The molecule has 1 aromatic rings. The minimum Gasteiger partial charge on any atom is -0.480 e. The second kappa shape index (κ2) is 8.08. The van der Waals surface area contributed by atoms with Crippen molar-refractivity contribution in [1.82, 2.24) is 5.43 Å². The summed E-state index contributed by atoms with van der Waals surface area (Å²) in [6.45, 7) is 0. The van der Waals surface area contributed by atoms with Gasteiger partial charge in [-0.3, -0.25) is 10.2 Å². The SMILES string of the molecule is NNC(=O)O.N[C@@H](Cc1ccccc1)C(=O)O. The molecule has 7 heteroatoms. The number of carboxylic acids is 1. The average molecular weight is 241 g/mol. The summed E-state index contributed by atoms with van der Waals surface area (Å²) in [5.74, 6) is 3.36. The van der Waals surface area contributed by atoms with Gasteiger partial charge in [0.1, 0.15) is 6.04 Å². The van der Waals surface area contributed by atoms with Gasteiger partial charge in [-0.2, -0.15) is 0 Å². The monoisotopic (exact) mass is 241 g/mol. The van der Waals surface area contributed by atoms with Crippen LogP contribution in [0.1, 0.15) is 5.56 Å². The van der Waals surface area contributed by atoms with Crippen LogP contribution in [0.5, 0.6) is 0 Å². The Balaban J connectivity index is 0.000000437. The Labute approximate surface area is 98.0 Å². The Morgan fingerprint density at radius 2 is 1.71 bits per heavy atom. The van der Waals surface area contributed by atoms with Gasteiger partial charge in [-0.1, -0.05) is 30.3 Å². The number of carboxylic acid groups (broad SMARTS) is 2. The van der Waals surface area contributed by atoms with Crippen molar-refractivity contribution in [1.29, 1.82) is 0 Å². The van der Waals surface area contributed by atoms with E-state index in [2.05, 4.69) is 5.84 Å². The molecule has 17 heavy (non-hydrogen) atoms. The van der Waals surface area contributed by atoms with Gasteiger partial charge in [-0.25, -0.2) is 10.6 Å². The molecule has 0 aliphatic carbocycles. The average Bonchev–Trinajstić information content (AvgIpc) is 2.31. The minimum absolute atomic E-state index is 0.385. The summed E-state index contributed by atoms with van der Waals surface area (Å²) in [7, 11) is 0. The van der Waals surface area contributed by atoms with Crippen LogP contribution in [0.3, 0.4) is 0 Å². The van der Waals surface area contributed by atoms with E-state index in [0.717, 1.165) is 5.56 Å². The highest BCUT2D eigenvalue weighted by Gasteiger charge is 2.10. The van der Waals surface area contributed by atoms with E-state index in [4.69, 9.17) is 20.7 Å². The summed E-state index contributed by atoms with van der Waals surface area (Å²) in [6, 6.07) is 8.54. The number of amides is 1. The third-order valence-corrected chi connectivity index (χ3v) is 1.74. The highest BCUT2D eigenvalue weighted by Crippen LogP contribution is 2.01. The number of aliphatic carboxylic acids is 1. The lowest BCUT2D eigenvalue weighted by Crippen LogP contribution is -2.32. The van der Waals surface area contributed by atoms with Crippen LogP contribution in [0.4, 0.5) is 4.79 Å². The van der Waals surface area contributed by atoms with Crippen LogP contribution in [-0.4, -0.2) is 28.3 Å². The molecule has 0 radical (unpaired) electrons. The Morgan fingerprint density at radius 3 is 2.06 bits per heavy atom. The zero-order valence-electron chi connectivity index (χ0n) is 9.04. The van der Waals surface area contributed by atoms with Gasteiger partial charge in [-0.05, 0) is 12.0 Å². The molecule has 0 aliphatic rings. The summed E-state index contributed by atoms with van der Waals surface area (Å²) in [4.78, 5) is 19.5. The molecule has 0 bridgehead atoms. The Hall–Kier alpha value is -2.12. The molecule has 0 saturated heterocycles. The lowest BCUT2D eigenvalue weighted by Gasteiger charge is -2.04. The van der Waals surface area contributed by atoms with Gasteiger partial charge < -0.3 is 15.9 Å². The summed E-state index contributed by atoms with van der Waals surface area (Å²) in [5, 5.41) is 16.0. The maximum atomic E-state index is 10.4. The summed E-state index contributed by atoms with van der Waals surface area (Å²) >= 11 is 0. The Kier molecular flexibility index (Phi) is 7.07. The molecule has 0 unspecified atom stereocenters. The van der Waals surface area contributed by atoms with E-state index < -0.39 is 18.1 Å². The van der Waals surface area contributed by atoms with Crippen LogP contribution in [0.15, 0.2) is 30.3 Å². The fourth-order valence-corrected chi connectivity index (χ4v) is 0.955. The van der Waals surface area contributed by atoms with Crippen molar-refractivity contribution in [2.24, 2.45) is 11.6 Å². The third kappa shape index (κ3) is 7.77. The zero-order chi connectivity index (χ0) is 13.3. The molecule has 1 amide bonds. The topological polar surface area (TPSA) is 139 Å². The molecule has 94 valence electrons. The second-order valence-electron chi connectivity index (χ2n) is 3.08. The van der Waals surface area contributed by atoms with Crippen molar-refractivity contribution in [2.45, 2.75) is 12.5 Å². The molecule has 7 N–H and O–H groups in total. The van der Waals surface area contributed by atoms with Gasteiger partial charge >= 0.3 is 12.1 Å². The standard InChI is InChI=1S/C9H11NO2.CH4N2O2/c10-8(9(11)12)6-7-4-2-1-3-5-7;2-3-1(4)5/h1-5,8H,6,10H2,(H,11,12);3H,2H2,(H,4,5)/t8-;/m0./s1. The number of hydrogen-bond acceptors (Lipinski definition) is 4. The number of carbonyl (C=O) groups is 2. The zero-order valence-corrected chi connectivity index (χ0v) is 9.04. The van der Waals surface area contributed by atoms with Gasteiger partial charge in [0.2, 0.25) is 0 Å². The van der Waals surface area contributed by atoms with Gasteiger partial charge in [-0.15, -0.1) is 0 Å². The lowest BCUT2D eigenvalue weighted by molar-refractivity contribution is -0.138. The van der Waals surface area contributed by atoms with Gasteiger partial charge in [0.25, 0.3) is 0 Å². The maximum absolute atomic E-state index is 10.4. The van der Waals surface area contributed by atoms with Crippen LogP contribution in [-0.2, 0) is 11.2 Å². The van der Waals surface area contributed by atoms with Crippen molar-refractivity contribution in [3.8, 4) is 0 Å². The lowest BCUT2D eigenvalue weighted by atomic mass is 10.1. The molecule has 0 heterocycles. The Bertz CT molecular complexity index is 356. The molecule has 0 fully saturated rings. The third-order valence-electron chi connectivity index (χ3n) is 1.74. The minimum atomic E-state index is -1.22. The predicted molar refractivity (Wildman–Crippen MR) is 61.1 cm³/mol. The van der Waals surface area contributed by atoms with E-state index in [9.17, 15) is 4.79 Å². The molecule has 0 aliphatic heterocycles. The smallest absolute Gasteiger partial charge is 0.418 e. The molecule has 0 spiro atoms. The van der Waals surface area contributed by atoms with Gasteiger partial charge in [0.05, 0.1) is 0 Å². The fourth-order valence-electron chi connectivity index (χ4n) is 0.955. The van der Waals surface area contributed by atoms with Crippen molar-refractivity contribution >= 4 is 12.1 Å². The molecular weight excluding hydrogens is 226 g/mol. The number of rotatable bonds is 3. The van der Waals surface area contributed by atoms with E-state index in [1.54, 1.807) is 0 Å². The molecule has 7 nitrogen and oxygen atoms in total. The fraction of sp³-hybridized carbons (Fsp3) is 0.200. The van der Waals surface area contributed by atoms with Crippen LogP contribution in [0.25, 0.3) is 0 Å². The first-order valence-electron chi connectivity index (χ1n) is 4.69. The highest BCUT2D eigenvalue weighted by atomic mass is 16.4. The number of nitrogens with one attached hydrogen (secondary N) is 1. The van der Waals surface area contributed by atoms with Crippen molar-refractivity contribution in [3.63, 3.8) is 0 Å². The van der Waals surface area contributed by atoms with Gasteiger partial charge in [0, 0.05) is 0 Å². The molecular formula is C10H15N3O4.